The summed E-state index contributed by atoms with van der Waals surface area (Å²) in [5.41, 5.74) is 3.74. The third kappa shape index (κ3) is 1.43. The Balaban J connectivity index is 2.45. The number of fused-ring (bicyclic) bond motifs is 1. The zero-order valence-electron chi connectivity index (χ0n) is 8.37. The predicted octanol–water partition coefficient (Wildman–Crippen LogP) is 2.35. The van der Waals surface area contributed by atoms with E-state index in [1.807, 2.05) is 19.1 Å². The maximum Gasteiger partial charge on any atom is 0.158 e. The largest absolute Gasteiger partial charge is 0.383 e. The highest BCUT2D eigenvalue weighted by molar-refractivity contribution is 5.89. The summed E-state index contributed by atoms with van der Waals surface area (Å²) in [5, 5.41) is 11.0. The van der Waals surface area contributed by atoms with E-state index in [9.17, 15) is 0 Å². The van der Waals surface area contributed by atoms with Crippen molar-refractivity contribution >= 4 is 16.7 Å². The lowest BCUT2D eigenvalue weighted by Gasteiger charge is -2.04. The zero-order chi connectivity index (χ0) is 9.97. The first-order chi connectivity index (χ1) is 6.83. The van der Waals surface area contributed by atoms with Gasteiger partial charge in [0.2, 0.25) is 0 Å². The highest BCUT2D eigenvalue weighted by atomic mass is 16.6. The first kappa shape index (κ1) is 8.99. The van der Waals surface area contributed by atoms with Gasteiger partial charge in [0.1, 0.15) is 5.52 Å². The van der Waals surface area contributed by atoms with Crippen molar-refractivity contribution in [3.8, 4) is 0 Å². The van der Waals surface area contributed by atoms with Gasteiger partial charge in [-0.15, -0.1) is 0 Å². The van der Waals surface area contributed by atoms with Crippen LogP contribution in [0.5, 0.6) is 0 Å². The molecular formula is C10H13N3O. The minimum absolute atomic E-state index is 0.818. The van der Waals surface area contributed by atoms with Crippen LogP contribution in [0.4, 0.5) is 5.69 Å². The van der Waals surface area contributed by atoms with Gasteiger partial charge in [0.25, 0.3) is 0 Å². The van der Waals surface area contributed by atoms with Crippen molar-refractivity contribution in [3.05, 3.63) is 17.7 Å². The van der Waals surface area contributed by atoms with Gasteiger partial charge in [0.05, 0.1) is 5.69 Å². The molecule has 1 N–H and O–H groups in total. The van der Waals surface area contributed by atoms with E-state index < -0.39 is 0 Å². The molecule has 0 radical (unpaired) electrons. The number of benzene rings is 1. The minimum atomic E-state index is 0.818. The van der Waals surface area contributed by atoms with Crippen molar-refractivity contribution in [2.24, 2.45) is 0 Å². The van der Waals surface area contributed by atoms with E-state index in [-0.39, 0.29) is 0 Å². The molecule has 0 unspecified atom stereocenters. The van der Waals surface area contributed by atoms with E-state index in [1.165, 1.54) is 0 Å². The molecule has 0 fully saturated rings. The molecule has 0 aliphatic carbocycles. The number of anilines is 1. The van der Waals surface area contributed by atoms with Crippen molar-refractivity contribution in [1.29, 1.82) is 0 Å². The van der Waals surface area contributed by atoms with Crippen molar-refractivity contribution in [2.75, 3.05) is 11.9 Å². The molecule has 4 heteroatoms. The summed E-state index contributed by atoms with van der Waals surface area (Å²) in [6, 6.07) is 4.03. The van der Waals surface area contributed by atoms with Crippen LogP contribution >= 0.6 is 0 Å². The van der Waals surface area contributed by atoms with Gasteiger partial charge in [0.15, 0.2) is 5.52 Å². The van der Waals surface area contributed by atoms with Gasteiger partial charge in [-0.2, -0.15) is 0 Å². The van der Waals surface area contributed by atoms with E-state index >= 15 is 0 Å². The maximum atomic E-state index is 4.73. The number of aryl methyl sites for hydroxylation is 1. The summed E-state index contributed by atoms with van der Waals surface area (Å²) in [5.74, 6) is 0. The van der Waals surface area contributed by atoms with Crippen LogP contribution in [0.3, 0.4) is 0 Å². The van der Waals surface area contributed by atoms with E-state index in [0.717, 1.165) is 35.2 Å². The topological polar surface area (TPSA) is 51.0 Å². The summed E-state index contributed by atoms with van der Waals surface area (Å²) < 4.78 is 4.73. The van der Waals surface area contributed by atoms with Crippen molar-refractivity contribution < 1.29 is 4.63 Å². The number of hydrogen-bond donors (Lipinski definition) is 1. The molecule has 0 amide bonds. The van der Waals surface area contributed by atoms with E-state index in [4.69, 9.17) is 4.63 Å². The molecular weight excluding hydrogens is 178 g/mol. The third-order valence-electron chi connectivity index (χ3n) is 2.18. The fourth-order valence-corrected chi connectivity index (χ4v) is 1.39. The van der Waals surface area contributed by atoms with E-state index in [2.05, 4.69) is 22.6 Å². The average Bonchev–Trinajstić information content (AvgIpc) is 2.66. The molecule has 4 nitrogen and oxygen atoms in total. The van der Waals surface area contributed by atoms with Crippen molar-refractivity contribution in [1.82, 2.24) is 10.3 Å². The standard InChI is InChI=1S/C10H13N3O/c1-3-6-11-8-5-4-7(2)9-10(8)13-14-12-9/h4-5,11H,3,6H2,1-2H3. The molecule has 1 aromatic carbocycles. The minimum Gasteiger partial charge on any atom is -0.383 e. The second-order valence-corrected chi connectivity index (χ2v) is 3.32. The predicted molar refractivity (Wildman–Crippen MR) is 55.3 cm³/mol. The first-order valence-electron chi connectivity index (χ1n) is 4.78. The van der Waals surface area contributed by atoms with Gasteiger partial charge in [-0.1, -0.05) is 13.0 Å². The van der Waals surface area contributed by atoms with Crippen molar-refractivity contribution in [2.45, 2.75) is 20.3 Å². The summed E-state index contributed by atoms with van der Waals surface area (Å²) >= 11 is 0. The Morgan fingerprint density at radius 3 is 2.86 bits per heavy atom. The summed E-state index contributed by atoms with van der Waals surface area (Å²) in [6.07, 6.45) is 1.08. The molecule has 1 aromatic heterocycles. The number of nitrogens with one attached hydrogen (secondary N) is 1. The highest BCUT2D eigenvalue weighted by Crippen LogP contribution is 2.22. The molecule has 1 heterocycles. The SMILES string of the molecule is CCCNc1ccc(C)c2nonc12. The quantitative estimate of drug-likeness (QED) is 0.809. The molecule has 0 aliphatic heterocycles. The molecule has 14 heavy (non-hydrogen) atoms. The van der Waals surface area contributed by atoms with E-state index in [1.54, 1.807) is 0 Å². The lowest BCUT2D eigenvalue weighted by atomic mass is 10.2. The molecule has 0 bridgehead atoms. The molecule has 0 saturated carbocycles. The Bertz CT molecular complexity index is 436. The lowest BCUT2D eigenvalue weighted by molar-refractivity contribution is 0.315. The van der Waals surface area contributed by atoms with Crippen LogP contribution in [0, 0.1) is 6.92 Å². The number of hydrogen-bond acceptors (Lipinski definition) is 4. The first-order valence-corrected chi connectivity index (χ1v) is 4.78. The lowest BCUT2D eigenvalue weighted by Crippen LogP contribution is -2.00. The molecule has 0 aliphatic rings. The number of aromatic nitrogens is 2. The normalized spacial score (nSPS) is 10.7. The zero-order valence-corrected chi connectivity index (χ0v) is 8.37. The van der Waals surface area contributed by atoms with Crippen LogP contribution < -0.4 is 5.32 Å². The van der Waals surface area contributed by atoms with Gasteiger partial charge in [-0.05, 0) is 35.3 Å². The molecule has 2 aromatic rings. The Morgan fingerprint density at radius 2 is 2.07 bits per heavy atom. The van der Waals surface area contributed by atoms with Crippen LogP contribution in [0.2, 0.25) is 0 Å². The van der Waals surface area contributed by atoms with Gasteiger partial charge in [0, 0.05) is 6.54 Å². The van der Waals surface area contributed by atoms with E-state index in [0.29, 0.717) is 0 Å². The molecule has 0 spiro atoms. The van der Waals surface area contributed by atoms with Crippen molar-refractivity contribution in [3.63, 3.8) is 0 Å². The molecule has 2 rings (SSSR count). The third-order valence-corrected chi connectivity index (χ3v) is 2.18. The second kappa shape index (κ2) is 3.65. The highest BCUT2D eigenvalue weighted by Gasteiger charge is 2.07. The summed E-state index contributed by atoms with van der Waals surface area (Å²) in [4.78, 5) is 0. The Morgan fingerprint density at radius 1 is 1.29 bits per heavy atom. The van der Waals surface area contributed by atoms with Gasteiger partial charge < -0.3 is 5.32 Å². The van der Waals surface area contributed by atoms with Gasteiger partial charge in [-0.25, -0.2) is 4.63 Å². The van der Waals surface area contributed by atoms with Crippen LogP contribution in [0.25, 0.3) is 11.0 Å². The Labute approximate surface area is 82.3 Å². The molecule has 0 atom stereocenters. The summed E-state index contributed by atoms with van der Waals surface area (Å²) in [7, 11) is 0. The fourth-order valence-electron chi connectivity index (χ4n) is 1.39. The number of nitrogens with zero attached hydrogens (tertiary/aromatic N) is 2. The second-order valence-electron chi connectivity index (χ2n) is 3.32. The monoisotopic (exact) mass is 191 g/mol. The van der Waals surface area contributed by atoms with Crippen LogP contribution in [0.15, 0.2) is 16.8 Å². The molecule has 0 saturated heterocycles. The average molecular weight is 191 g/mol. The van der Waals surface area contributed by atoms with Crippen LogP contribution in [-0.2, 0) is 0 Å². The van der Waals surface area contributed by atoms with Crippen LogP contribution in [-0.4, -0.2) is 16.9 Å². The summed E-state index contributed by atoms with van der Waals surface area (Å²) in [6.45, 7) is 5.06. The van der Waals surface area contributed by atoms with Gasteiger partial charge in [-0.3, -0.25) is 0 Å². The number of rotatable bonds is 3. The van der Waals surface area contributed by atoms with Gasteiger partial charge >= 0.3 is 0 Å². The Hall–Kier alpha value is -1.58. The maximum absolute atomic E-state index is 4.73. The Kier molecular flexibility index (Phi) is 2.35. The van der Waals surface area contributed by atoms with Crippen LogP contribution in [0.1, 0.15) is 18.9 Å². The fraction of sp³-hybridized carbons (Fsp3) is 0.400. The smallest absolute Gasteiger partial charge is 0.158 e. The molecule has 74 valence electrons.